The Labute approximate surface area is 306 Å². The SMILES string of the molecule is CC(=O)N[C@@H](Cc1c[nH]c2ccccc12)C(=O)N[C@@H](CCCN=C(N)N)C(=O)N[C@@H](CC(C)C)C(=O)N[C@@H](CCCN=C(N)N)C(=O)c1nccs1. The highest BCUT2D eigenvalue weighted by atomic mass is 32.1. The molecule has 0 aliphatic carbocycles. The first-order valence-electron chi connectivity index (χ1n) is 17.0. The van der Waals surface area contributed by atoms with Crippen molar-refractivity contribution < 1.29 is 24.0 Å². The number of ketones is 1. The number of guanidine groups is 2. The van der Waals surface area contributed by atoms with Gasteiger partial charge in [-0.25, -0.2) is 4.98 Å². The number of nitrogens with zero attached hydrogens (tertiary/aromatic N) is 3. The highest BCUT2D eigenvalue weighted by Gasteiger charge is 2.32. The maximum absolute atomic E-state index is 13.9. The maximum Gasteiger partial charge on any atom is 0.243 e. The van der Waals surface area contributed by atoms with Gasteiger partial charge in [-0.05, 0) is 49.7 Å². The number of aliphatic imine (C=N–C) groups is 2. The second-order valence-corrected chi connectivity index (χ2v) is 13.6. The van der Waals surface area contributed by atoms with E-state index in [1.165, 1.54) is 13.1 Å². The summed E-state index contributed by atoms with van der Waals surface area (Å²) < 4.78 is 0. The first-order valence-corrected chi connectivity index (χ1v) is 17.9. The minimum atomic E-state index is -1.13. The predicted molar refractivity (Wildman–Crippen MR) is 201 cm³/mol. The fourth-order valence-electron chi connectivity index (χ4n) is 5.53. The Morgan fingerprint density at radius 2 is 1.38 bits per heavy atom. The molecular weight excluding hydrogens is 689 g/mol. The number of para-hydroxylation sites is 1. The summed E-state index contributed by atoms with van der Waals surface area (Å²) >= 11 is 1.15. The first kappa shape index (κ1) is 40.9. The molecule has 0 fully saturated rings. The van der Waals surface area contributed by atoms with Crippen molar-refractivity contribution in [1.82, 2.24) is 31.2 Å². The van der Waals surface area contributed by atoms with Crippen LogP contribution in [0.15, 0.2) is 52.0 Å². The fourth-order valence-corrected chi connectivity index (χ4v) is 6.16. The second-order valence-electron chi connectivity index (χ2n) is 12.7. The number of H-pyrrole nitrogens is 1. The zero-order valence-electron chi connectivity index (χ0n) is 29.7. The van der Waals surface area contributed by atoms with Gasteiger partial charge >= 0.3 is 0 Å². The van der Waals surface area contributed by atoms with Gasteiger partial charge in [-0.15, -0.1) is 11.3 Å². The van der Waals surface area contributed by atoms with Crippen LogP contribution >= 0.6 is 11.3 Å². The summed E-state index contributed by atoms with van der Waals surface area (Å²) in [5, 5.41) is 13.8. The quantitative estimate of drug-likeness (QED) is 0.0309. The molecule has 13 N–H and O–H groups in total. The number of nitrogens with one attached hydrogen (secondary N) is 5. The van der Waals surface area contributed by atoms with Gasteiger partial charge in [-0.3, -0.25) is 34.0 Å². The molecule has 52 heavy (non-hydrogen) atoms. The number of thiazole rings is 1. The zero-order chi connectivity index (χ0) is 38.2. The molecule has 0 bridgehead atoms. The molecule has 0 radical (unpaired) electrons. The second kappa shape index (κ2) is 20.4. The molecule has 17 nitrogen and oxygen atoms in total. The lowest BCUT2D eigenvalue weighted by Crippen LogP contribution is -2.58. The number of hydrogen-bond donors (Lipinski definition) is 9. The summed E-state index contributed by atoms with van der Waals surface area (Å²) in [6.07, 6.45) is 4.67. The van der Waals surface area contributed by atoms with E-state index in [4.69, 9.17) is 22.9 Å². The zero-order valence-corrected chi connectivity index (χ0v) is 30.5. The third-order valence-corrected chi connectivity index (χ3v) is 8.72. The van der Waals surface area contributed by atoms with Crippen molar-refractivity contribution >= 4 is 63.6 Å². The molecule has 0 saturated carbocycles. The van der Waals surface area contributed by atoms with Gasteiger partial charge in [0.25, 0.3) is 0 Å². The molecule has 2 heterocycles. The van der Waals surface area contributed by atoms with Gasteiger partial charge in [-0.1, -0.05) is 32.0 Å². The largest absolute Gasteiger partial charge is 0.370 e. The number of aromatic amines is 1. The highest BCUT2D eigenvalue weighted by molar-refractivity contribution is 7.11. The van der Waals surface area contributed by atoms with E-state index in [2.05, 4.69) is 41.2 Å². The van der Waals surface area contributed by atoms with E-state index in [0.29, 0.717) is 12.8 Å². The lowest BCUT2D eigenvalue weighted by molar-refractivity contribution is -0.134. The molecule has 4 amide bonds. The van der Waals surface area contributed by atoms with E-state index >= 15 is 0 Å². The molecule has 4 atom stereocenters. The van der Waals surface area contributed by atoms with Crippen LogP contribution in [-0.2, 0) is 25.6 Å². The topological polar surface area (TPSA) is 291 Å². The van der Waals surface area contributed by atoms with Crippen LogP contribution in [0.2, 0.25) is 0 Å². The van der Waals surface area contributed by atoms with Crippen LogP contribution in [0.5, 0.6) is 0 Å². The number of nitrogens with two attached hydrogens (primary N) is 4. The van der Waals surface area contributed by atoms with E-state index < -0.39 is 47.8 Å². The molecule has 0 saturated heterocycles. The third-order valence-electron chi connectivity index (χ3n) is 7.93. The van der Waals surface area contributed by atoms with Crippen molar-refractivity contribution in [3.8, 4) is 0 Å². The number of benzene rings is 1. The molecule has 282 valence electrons. The molecule has 0 aliphatic rings. The van der Waals surface area contributed by atoms with Gasteiger partial charge in [-0.2, -0.15) is 0 Å². The summed E-state index contributed by atoms with van der Waals surface area (Å²) in [6, 6.07) is 3.39. The number of hydrogen-bond acceptors (Lipinski definition) is 9. The van der Waals surface area contributed by atoms with Crippen LogP contribution in [0.3, 0.4) is 0 Å². The Morgan fingerprint density at radius 3 is 1.98 bits per heavy atom. The van der Waals surface area contributed by atoms with Crippen LogP contribution < -0.4 is 44.2 Å². The number of fused-ring (bicyclic) bond motifs is 1. The Balaban J connectivity index is 1.83. The van der Waals surface area contributed by atoms with Crippen molar-refractivity contribution in [2.24, 2.45) is 38.8 Å². The maximum atomic E-state index is 13.9. The number of Topliss-reactive ketones (excluding diaryl/α,β-unsaturated/α-hetero) is 1. The highest BCUT2D eigenvalue weighted by Crippen LogP contribution is 2.20. The fraction of sp³-hybridized carbons (Fsp3) is 0.471. The molecular formula is C34H50N12O5S. The average Bonchev–Trinajstić information content (AvgIpc) is 3.77. The van der Waals surface area contributed by atoms with Crippen LogP contribution in [0.1, 0.15) is 68.2 Å². The van der Waals surface area contributed by atoms with Gasteiger partial charge in [0.05, 0.1) is 6.04 Å². The summed E-state index contributed by atoms with van der Waals surface area (Å²) in [5.41, 5.74) is 23.5. The van der Waals surface area contributed by atoms with Gasteiger partial charge in [0.15, 0.2) is 16.9 Å². The van der Waals surface area contributed by atoms with E-state index in [1.807, 2.05) is 38.1 Å². The number of rotatable bonds is 21. The van der Waals surface area contributed by atoms with Crippen LogP contribution in [-0.4, -0.2) is 88.6 Å². The predicted octanol–water partition coefficient (Wildman–Crippen LogP) is 0.162. The van der Waals surface area contributed by atoms with E-state index in [1.54, 1.807) is 11.6 Å². The van der Waals surface area contributed by atoms with Gasteiger partial charge < -0.3 is 49.2 Å². The van der Waals surface area contributed by atoms with Crippen LogP contribution in [0, 0.1) is 5.92 Å². The number of aromatic nitrogens is 2. The first-order chi connectivity index (χ1) is 24.7. The summed E-state index contributed by atoms with van der Waals surface area (Å²) in [4.78, 5) is 82.2. The number of carbonyl (C=O) groups excluding carboxylic acids is 5. The Kier molecular flexibility index (Phi) is 16.0. The molecule has 0 unspecified atom stereocenters. The monoisotopic (exact) mass is 738 g/mol. The Hall–Kier alpha value is -5.52. The lowest BCUT2D eigenvalue weighted by atomic mass is 10.00. The van der Waals surface area contributed by atoms with E-state index in [0.717, 1.165) is 27.8 Å². The molecule has 1 aromatic carbocycles. The molecule has 0 aliphatic heterocycles. The molecule has 3 aromatic rings. The van der Waals surface area contributed by atoms with Crippen LogP contribution in [0.4, 0.5) is 0 Å². The average molecular weight is 739 g/mol. The van der Waals surface area contributed by atoms with E-state index in [-0.39, 0.29) is 67.4 Å². The summed E-state index contributed by atoms with van der Waals surface area (Å²) in [5.74, 6) is -2.88. The molecule has 0 spiro atoms. The minimum Gasteiger partial charge on any atom is -0.370 e. The van der Waals surface area contributed by atoms with Crippen molar-refractivity contribution in [2.75, 3.05) is 13.1 Å². The Morgan fingerprint density at radius 1 is 0.808 bits per heavy atom. The van der Waals surface area contributed by atoms with Crippen molar-refractivity contribution in [2.45, 2.75) is 83.5 Å². The molecule has 2 aromatic heterocycles. The normalized spacial score (nSPS) is 13.3. The van der Waals surface area contributed by atoms with Gasteiger partial charge in [0.2, 0.25) is 29.4 Å². The van der Waals surface area contributed by atoms with Crippen LogP contribution in [0.25, 0.3) is 10.9 Å². The number of carbonyl (C=O) groups is 5. The minimum absolute atomic E-state index is 0.0405. The van der Waals surface area contributed by atoms with Crippen molar-refractivity contribution in [3.63, 3.8) is 0 Å². The molecule has 3 rings (SSSR count). The number of amides is 4. The lowest BCUT2D eigenvalue weighted by Gasteiger charge is -2.27. The summed E-state index contributed by atoms with van der Waals surface area (Å²) in [7, 11) is 0. The van der Waals surface area contributed by atoms with Gasteiger partial charge in [0, 0.05) is 55.1 Å². The third kappa shape index (κ3) is 13.3. The van der Waals surface area contributed by atoms with Crippen molar-refractivity contribution in [3.05, 3.63) is 52.6 Å². The van der Waals surface area contributed by atoms with E-state index in [9.17, 15) is 24.0 Å². The standard InChI is InChI=1S/C34H50N12O5S/c1-19(2)16-26(30(50)44-24(10-6-12-40-33(35)36)28(48)32-39-14-15-52-32)46-29(49)25(11-7-13-41-34(37)38)45-31(51)27(43-20(3)47)17-21-18-42-23-9-5-4-8-22(21)23/h4-5,8-9,14-15,18-19,24-27,42H,6-7,10-13,16-17H2,1-3H3,(H,43,47)(H,44,50)(H,45,51)(H,46,49)(H4,35,36,40)(H4,37,38,41)/t24-,25-,26-,27-/m0/s1. The molecule has 18 heteroatoms. The smallest absolute Gasteiger partial charge is 0.243 e. The summed E-state index contributed by atoms with van der Waals surface area (Å²) in [6.45, 7) is 5.50. The van der Waals surface area contributed by atoms with Crippen molar-refractivity contribution in [1.29, 1.82) is 0 Å². The Bertz CT molecular complexity index is 1710. The van der Waals surface area contributed by atoms with Gasteiger partial charge in [0.1, 0.15) is 18.1 Å².